The summed E-state index contributed by atoms with van der Waals surface area (Å²) in [5.41, 5.74) is 5.25. The molecule has 0 atom stereocenters. The van der Waals surface area contributed by atoms with Crippen molar-refractivity contribution in [1.82, 2.24) is 0 Å². The van der Waals surface area contributed by atoms with Gasteiger partial charge < -0.3 is 10.5 Å². The zero-order valence-electron chi connectivity index (χ0n) is 15.1. The van der Waals surface area contributed by atoms with Crippen LogP contribution in [0.25, 0.3) is 0 Å². The number of esters is 1. The van der Waals surface area contributed by atoms with Crippen LogP contribution in [-0.4, -0.2) is 37.5 Å². The summed E-state index contributed by atoms with van der Waals surface area (Å²) < 4.78 is 30.5. The van der Waals surface area contributed by atoms with Gasteiger partial charge >= 0.3 is 5.97 Å². The molecule has 10 nitrogen and oxygen atoms in total. The third-order valence-corrected chi connectivity index (χ3v) is 6.26. The Labute approximate surface area is 166 Å². The first-order chi connectivity index (χ1) is 13.7. The van der Waals surface area contributed by atoms with Gasteiger partial charge in [-0.15, -0.1) is 0 Å². The highest BCUT2D eigenvalue weighted by Gasteiger charge is 2.29. The minimum absolute atomic E-state index is 0.0358. The average Bonchev–Trinajstić information content (AvgIpc) is 3.04. The highest BCUT2D eigenvalue weighted by molar-refractivity contribution is 7.93. The fourth-order valence-corrected chi connectivity index (χ4v) is 4.51. The van der Waals surface area contributed by atoms with Gasteiger partial charge in [-0.3, -0.25) is 19.2 Å². The number of sulfonamides is 1. The number of hydrogen-bond acceptors (Lipinski definition) is 7. The molecule has 29 heavy (non-hydrogen) atoms. The van der Waals surface area contributed by atoms with Crippen LogP contribution in [0.3, 0.4) is 0 Å². The summed E-state index contributed by atoms with van der Waals surface area (Å²) in [7, 11) is -3.40. The van der Waals surface area contributed by atoms with Crippen molar-refractivity contribution in [3.63, 3.8) is 0 Å². The predicted molar refractivity (Wildman–Crippen MR) is 103 cm³/mol. The number of nitro benzene ring substituents is 1. The van der Waals surface area contributed by atoms with Crippen LogP contribution in [0, 0.1) is 10.1 Å². The lowest BCUT2D eigenvalue weighted by atomic mass is 10.1. The summed E-state index contributed by atoms with van der Waals surface area (Å²) in [4.78, 5) is 34.1. The summed E-state index contributed by atoms with van der Waals surface area (Å²) in [6.45, 7) is -0.0698. The van der Waals surface area contributed by atoms with Crippen molar-refractivity contribution in [2.45, 2.75) is 13.0 Å². The first-order valence-corrected chi connectivity index (χ1v) is 10.1. The molecule has 0 unspecified atom stereocenters. The number of rotatable bonds is 6. The number of nitrogens with two attached hydrogens (primary N) is 1. The van der Waals surface area contributed by atoms with E-state index in [1.165, 1.54) is 34.6 Å². The monoisotopic (exact) mass is 419 g/mol. The van der Waals surface area contributed by atoms with Gasteiger partial charge in [-0.25, -0.2) is 13.2 Å². The molecule has 0 saturated carbocycles. The number of carbonyl (C=O) groups excluding carboxylic acids is 2. The number of nitro groups is 1. The molecule has 152 valence electrons. The van der Waals surface area contributed by atoms with Gasteiger partial charge in [0.15, 0.2) is 0 Å². The van der Waals surface area contributed by atoms with E-state index < -0.39 is 39.1 Å². The maximum Gasteiger partial charge on any atom is 0.338 e. The van der Waals surface area contributed by atoms with Gasteiger partial charge in [0.2, 0.25) is 15.9 Å². The van der Waals surface area contributed by atoms with Crippen LogP contribution >= 0.6 is 0 Å². The molecule has 0 aromatic heterocycles. The van der Waals surface area contributed by atoms with E-state index in [-0.39, 0.29) is 22.4 Å². The zero-order chi connectivity index (χ0) is 21.2. The van der Waals surface area contributed by atoms with Crippen LogP contribution in [0.15, 0.2) is 42.5 Å². The summed E-state index contributed by atoms with van der Waals surface area (Å²) >= 11 is 0. The molecule has 1 amide bonds. The minimum Gasteiger partial charge on any atom is -0.457 e. The Bertz CT molecular complexity index is 1100. The molecule has 1 aliphatic heterocycles. The predicted octanol–water partition coefficient (Wildman–Crippen LogP) is 1.59. The van der Waals surface area contributed by atoms with Crippen molar-refractivity contribution in [3.8, 4) is 0 Å². The van der Waals surface area contributed by atoms with Gasteiger partial charge in [-0.05, 0) is 36.8 Å². The van der Waals surface area contributed by atoms with E-state index >= 15 is 0 Å². The van der Waals surface area contributed by atoms with E-state index in [0.717, 1.165) is 6.07 Å². The maximum absolute atomic E-state index is 12.4. The van der Waals surface area contributed by atoms with E-state index in [4.69, 9.17) is 10.5 Å². The average molecular weight is 419 g/mol. The quantitative estimate of drug-likeness (QED) is 0.424. The number of primary amides is 1. The van der Waals surface area contributed by atoms with Crippen LogP contribution in [0.2, 0.25) is 0 Å². The molecule has 1 aliphatic rings. The van der Waals surface area contributed by atoms with Crippen molar-refractivity contribution < 1.29 is 27.7 Å². The SMILES string of the molecule is NC(=O)c1ccc(COC(=O)c2cccc(N3CCCS3(=O)=O)c2)c([N+](=O)[O-])c1. The molecule has 0 radical (unpaired) electrons. The molecule has 1 fully saturated rings. The van der Waals surface area contributed by atoms with Crippen molar-refractivity contribution in [2.75, 3.05) is 16.6 Å². The van der Waals surface area contributed by atoms with Crippen LogP contribution < -0.4 is 10.0 Å². The normalized spacial score (nSPS) is 15.1. The number of carbonyl (C=O) groups is 2. The fourth-order valence-electron chi connectivity index (χ4n) is 2.95. The van der Waals surface area contributed by atoms with Crippen LogP contribution in [0.5, 0.6) is 0 Å². The van der Waals surface area contributed by atoms with Gasteiger partial charge in [-0.2, -0.15) is 0 Å². The summed E-state index contributed by atoms with van der Waals surface area (Å²) in [5.74, 6) is -1.53. The molecule has 11 heteroatoms. The molecule has 0 aliphatic carbocycles. The number of ether oxygens (including phenoxy) is 1. The molecule has 0 bridgehead atoms. The Morgan fingerprint density at radius 3 is 2.55 bits per heavy atom. The van der Waals surface area contributed by atoms with Gasteiger partial charge in [-0.1, -0.05) is 6.07 Å². The summed E-state index contributed by atoms with van der Waals surface area (Å²) in [5, 5.41) is 11.2. The van der Waals surface area contributed by atoms with E-state index in [9.17, 15) is 28.1 Å². The van der Waals surface area contributed by atoms with E-state index in [1.807, 2.05) is 0 Å². The Morgan fingerprint density at radius 1 is 1.17 bits per heavy atom. The van der Waals surface area contributed by atoms with Crippen LogP contribution in [0.1, 0.15) is 32.7 Å². The second-order valence-electron chi connectivity index (χ2n) is 6.33. The number of hydrogen-bond donors (Lipinski definition) is 1. The Hall–Kier alpha value is -3.47. The number of benzene rings is 2. The topological polar surface area (TPSA) is 150 Å². The molecular weight excluding hydrogens is 402 g/mol. The molecule has 2 N–H and O–H groups in total. The van der Waals surface area contributed by atoms with Gasteiger partial charge in [0.1, 0.15) is 6.61 Å². The van der Waals surface area contributed by atoms with Gasteiger partial charge in [0, 0.05) is 18.2 Å². The van der Waals surface area contributed by atoms with E-state index in [2.05, 4.69) is 0 Å². The molecule has 0 spiro atoms. The van der Waals surface area contributed by atoms with Crippen molar-refractivity contribution in [3.05, 3.63) is 69.3 Å². The number of nitrogens with zero attached hydrogens (tertiary/aromatic N) is 2. The fraction of sp³-hybridized carbons (Fsp3) is 0.222. The lowest BCUT2D eigenvalue weighted by Crippen LogP contribution is -2.25. The third-order valence-electron chi connectivity index (χ3n) is 4.39. The van der Waals surface area contributed by atoms with Gasteiger partial charge in [0.05, 0.1) is 27.5 Å². The third kappa shape index (κ3) is 4.35. The highest BCUT2D eigenvalue weighted by atomic mass is 32.2. The van der Waals surface area contributed by atoms with Crippen molar-refractivity contribution >= 4 is 33.3 Å². The Kier molecular flexibility index (Phi) is 5.50. The molecule has 3 rings (SSSR count). The Morgan fingerprint density at radius 2 is 1.93 bits per heavy atom. The summed E-state index contributed by atoms with van der Waals surface area (Å²) in [6, 6.07) is 9.58. The van der Waals surface area contributed by atoms with Crippen molar-refractivity contribution in [2.24, 2.45) is 5.73 Å². The molecule has 2 aromatic carbocycles. The molecule has 2 aromatic rings. The highest BCUT2D eigenvalue weighted by Crippen LogP contribution is 2.26. The second kappa shape index (κ2) is 7.87. The summed E-state index contributed by atoms with van der Waals surface area (Å²) in [6.07, 6.45) is 0.502. The number of anilines is 1. The number of amides is 1. The lowest BCUT2D eigenvalue weighted by molar-refractivity contribution is -0.385. The van der Waals surface area contributed by atoms with Crippen LogP contribution in [0.4, 0.5) is 11.4 Å². The van der Waals surface area contributed by atoms with E-state index in [0.29, 0.717) is 18.7 Å². The van der Waals surface area contributed by atoms with Crippen LogP contribution in [-0.2, 0) is 21.4 Å². The molecular formula is C18H17N3O7S. The van der Waals surface area contributed by atoms with E-state index in [1.54, 1.807) is 6.07 Å². The largest absolute Gasteiger partial charge is 0.457 e. The molecule has 1 saturated heterocycles. The standard InChI is InChI=1S/C18H17N3O7S/c19-17(22)12-5-6-14(16(10-12)21(24)25)11-28-18(23)13-3-1-4-15(9-13)20-7-2-8-29(20,26)27/h1,3-6,9-10H,2,7-8,11H2,(H2,19,22). The first-order valence-electron chi connectivity index (χ1n) is 8.54. The Balaban J connectivity index is 1.77. The maximum atomic E-state index is 12.4. The minimum atomic E-state index is -3.40. The smallest absolute Gasteiger partial charge is 0.338 e. The lowest BCUT2D eigenvalue weighted by Gasteiger charge is -2.17. The second-order valence-corrected chi connectivity index (χ2v) is 8.35. The van der Waals surface area contributed by atoms with Crippen molar-refractivity contribution in [1.29, 1.82) is 0 Å². The first kappa shape index (κ1) is 20.3. The zero-order valence-corrected chi connectivity index (χ0v) is 15.9. The van der Waals surface area contributed by atoms with Gasteiger partial charge in [0.25, 0.3) is 5.69 Å². The molecule has 1 heterocycles.